The summed E-state index contributed by atoms with van der Waals surface area (Å²) in [5.74, 6) is 0.391. The van der Waals surface area contributed by atoms with Crippen LogP contribution in [0.2, 0.25) is 0 Å². The van der Waals surface area contributed by atoms with Gasteiger partial charge in [0.15, 0.2) is 5.17 Å². The SMILES string of the molecule is COCCCOc1cnc(/C(Cl)=N/O)cn1. The maximum Gasteiger partial charge on any atom is 0.232 e. The zero-order valence-corrected chi connectivity index (χ0v) is 9.52. The van der Waals surface area contributed by atoms with Crippen LogP contribution in [0.25, 0.3) is 0 Å². The number of ether oxygens (including phenoxy) is 2. The molecule has 0 saturated heterocycles. The van der Waals surface area contributed by atoms with Crippen molar-refractivity contribution >= 4 is 16.8 Å². The zero-order valence-electron chi connectivity index (χ0n) is 8.76. The maximum atomic E-state index is 8.40. The predicted molar refractivity (Wildman–Crippen MR) is 58.2 cm³/mol. The van der Waals surface area contributed by atoms with Crippen molar-refractivity contribution in [1.29, 1.82) is 0 Å². The lowest BCUT2D eigenvalue weighted by Gasteiger charge is -2.04. The van der Waals surface area contributed by atoms with Crippen molar-refractivity contribution in [1.82, 2.24) is 9.97 Å². The molecule has 0 radical (unpaired) electrons. The van der Waals surface area contributed by atoms with Gasteiger partial charge >= 0.3 is 0 Å². The Bertz CT molecular complexity index is 342. The van der Waals surface area contributed by atoms with E-state index < -0.39 is 0 Å². The summed E-state index contributed by atoms with van der Waals surface area (Å²) in [6.45, 7) is 1.14. The molecule has 0 spiro atoms. The van der Waals surface area contributed by atoms with E-state index in [-0.39, 0.29) is 10.9 Å². The fourth-order valence-electron chi connectivity index (χ4n) is 0.928. The first kappa shape index (κ1) is 12.7. The standard InChI is InChI=1S/C9H12ClN3O3/c1-15-3-2-4-16-8-6-11-7(5-12-8)9(10)13-14/h5-6,14H,2-4H2,1H3/b13-9-. The third-order valence-electron chi connectivity index (χ3n) is 1.67. The minimum absolute atomic E-state index is 0.113. The molecule has 0 aliphatic rings. The average Bonchev–Trinajstić information content (AvgIpc) is 2.34. The Morgan fingerprint density at radius 2 is 2.25 bits per heavy atom. The van der Waals surface area contributed by atoms with Gasteiger partial charge in [-0.15, -0.1) is 0 Å². The van der Waals surface area contributed by atoms with Crippen LogP contribution in [0.4, 0.5) is 0 Å². The Morgan fingerprint density at radius 1 is 1.44 bits per heavy atom. The third-order valence-corrected chi connectivity index (χ3v) is 1.94. The van der Waals surface area contributed by atoms with Crippen LogP contribution in [0.1, 0.15) is 12.1 Å². The predicted octanol–water partition coefficient (Wildman–Crippen LogP) is 1.27. The third kappa shape index (κ3) is 4.00. The summed E-state index contributed by atoms with van der Waals surface area (Å²) in [7, 11) is 1.63. The Kier molecular flexibility index (Phi) is 5.52. The van der Waals surface area contributed by atoms with Gasteiger partial charge in [0.2, 0.25) is 5.88 Å². The van der Waals surface area contributed by atoms with E-state index in [2.05, 4.69) is 15.1 Å². The van der Waals surface area contributed by atoms with Gasteiger partial charge in [-0.1, -0.05) is 16.8 Å². The normalized spacial score (nSPS) is 11.5. The molecule has 0 amide bonds. The van der Waals surface area contributed by atoms with Gasteiger partial charge in [-0.25, -0.2) is 9.97 Å². The van der Waals surface area contributed by atoms with Crippen molar-refractivity contribution in [2.24, 2.45) is 5.16 Å². The number of aromatic nitrogens is 2. The van der Waals surface area contributed by atoms with Crippen LogP contribution in [-0.4, -0.2) is 40.7 Å². The summed E-state index contributed by atoms with van der Waals surface area (Å²) >= 11 is 5.53. The van der Waals surface area contributed by atoms with E-state index in [0.717, 1.165) is 6.42 Å². The molecule has 16 heavy (non-hydrogen) atoms. The molecule has 7 heteroatoms. The molecular weight excluding hydrogens is 234 g/mol. The molecule has 0 aliphatic carbocycles. The Hall–Kier alpha value is -1.40. The molecule has 6 nitrogen and oxygen atoms in total. The molecule has 0 aromatic carbocycles. The first-order valence-electron chi connectivity index (χ1n) is 4.59. The lowest BCUT2D eigenvalue weighted by atomic mass is 10.5. The van der Waals surface area contributed by atoms with Crippen LogP contribution in [0.3, 0.4) is 0 Å². The molecule has 0 unspecified atom stereocenters. The number of oxime groups is 1. The first-order chi connectivity index (χ1) is 7.77. The molecule has 1 heterocycles. The fraction of sp³-hybridized carbons (Fsp3) is 0.444. The molecule has 88 valence electrons. The monoisotopic (exact) mass is 245 g/mol. The topological polar surface area (TPSA) is 76.8 Å². The highest BCUT2D eigenvalue weighted by Gasteiger charge is 2.03. The van der Waals surface area contributed by atoms with Crippen molar-refractivity contribution in [2.75, 3.05) is 20.3 Å². The number of hydrogen-bond donors (Lipinski definition) is 1. The van der Waals surface area contributed by atoms with Gasteiger partial charge in [-0.3, -0.25) is 0 Å². The summed E-state index contributed by atoms with van der Waals surface area (Å²) in [5.41, 5.74) is 0.286. The van der Waals surface area contributed by atoms with Crippen LogP contribution in [0, 0.1) is 0 Å². The highest BCUT2D eigenvalue weighted by atomic mass is 35.5. The number of rotatable bonds is 6. The Labute approximate surface area is 97.9 Å². The van der Waals surface area contributed by atoms with Crippen LogP contribution in [-0.2, 0) is 4.74 Å². The molecule has 0 saturated carbocycles. The molecule has 1 aromatic rings. The number of hydrogen-bond acceptors (Lipinski definition) is 6. The van der Waals surface area contributed by atoms with Gasteiger partial charge < -0.3 is 14.7 Å². The highest BCUT2D eigenvalue weighted by molar-refractivity contribution is 6.69. The average molecular weight is 246 g/mol. The molecular formula is C9H12ClN3O3. The van der Waals surface area contributed by atoms with E-state index in [4.69, 9.17) is 26.3 Å². The lowest BCUT2D eigenvalue weighted by molar-refractivity contribution is 0.170. The fourth-order valence-corrected chi connectivity index (χ4v) is 1.03. The van der Waals surface area contributed by atoms with Gasteiger partial charge in [-0.2, -0.15) is 0 Å². The summed E-state index contributed by atoms with van der Waals surface area (Å²) in [4.78, 5) is 7.85. The molecule has 1 aromatic heterocycles. The Morgan fingerprint density at radius 3 is 2.81 bits per heavy atom. The largest absolute Gasteiger partial charge is 0.476 e. The second kappa shape index (κ2) is 6.97. The van der Waals surface area contributed by atoms with Crippen molar-refractivity contribution < 1.29 is 14.7 Å². The van der Waals surface area contributed by atoms with Gasteiger partial charge in [0, 0.05) is 20.1 Å². The molecule has 0 aliphatic heterocycles. The van der Waals surface area contributed by atoms with E-state index in [9.17, 15) is 0 Å². The molecule has 1 rings (SSSR count). The number of methoxy groups -OCH3 is 1. The second-order valence-corrected chi connectivity index (χ2v) is 3.18. The highest BCUT2D eigenvalue weighted by Crippen LogP contribution is 2.06. The summed E-state index contributed by atoms with van der Waals surface area (Å²) in [6.07, 6.45) is 3.56. The van der Waals surface area contributed by atoms with Crippen LogP contribution < -0.4 is 4.74 Å². The lowest BCUT2D eigenvalue weighted by Crippen LogP contribution is -2.04. The van der Waals surface area contributed by atoms with Crippen molar-refractivity contribution in [3.05, 3.63) is 18.1 Å². The van der Waals surface area contributed by atoms with Gasteiger partial charge in [0.05, 0.1) is 19.0 Å². The van der Waals surface area contributed by atoms with Crippen molar-refractivity contribution in [3.63, 3.8) is 0 Å². The number of nitrogens with zero attached hydrogens (tertiary/aromatic N) is 3. The van der Waals surface area contributed by atoms with Gasteiger partial charge in [0.1, 0.15) is 5.69 Å². The first-order valence-corrected chi connectivity index (χ1v) is 4.97. The van der Waals surface area contributed by atoms with E-state index in [0.29, 0.717) is 19.1 Å². The summed E-state index contributed by atoms with van der Waals surface area (Å²) in [6, 6.07) is 0. The smallest absolute Gasteiger partial charge is 0.232 e. The second-order valence-electron chi connectivity index (χ2n) is 2.83. The summed E-state index contributed by atoms with van der Waals surface area (Å²) < 4.78 is 10.1. The molecule has 1 N–H and O–H groups in total. The van der Waals surface area contributed by atoms with Gasteiger partial charge in [0.25, 0.3) is 0 Å². The minimum atomic E-state index is -0.113. The van der Waals surface area contributed by atoms with Crippen LogP contribution in [0.15, 0.2) is 17.5 Å². The molecule has 0 atom stereocenters. The molecule has 0 fully saturated rings. The van der Waals surface area contributed by atoms with E-state index in [1.165, 1.54) is 12.4 Å². The molecule has 0 bridgehead atoms. The number of halogens is 1. The van der Waals surface area contributed by atoms with Crippen LogP contribution >= 0.6 is 11.6 Å². The van der Waals surface area contributed by atoms with Crippen LogP contribution in [0.5, 0.6) is 5.88 Å². The zero-order chi connectivity index (χ0) is 11.8. The summed E-state index contributed by atoms with van der Waals surface area (Å²) in [5, 5.41) is 11.1. The minimum Gasteiger partial charge on any atom is -0.476 e. The maximum absolute atomic E-state index is 8.40. The van der Waals surface area contributed by atoms with E-state index in [1.54, 1.807) is 7.11 Å². The van der Waals surface area contributed by atoms with Gasteiger partial charge in [-0.05, 0) is 0 Å². The Balaban J connectivity index is 2.45. The van der Waals surface area contributed by atoms with Crippen molar-refractivity contribution in [3.8, 4) is 5.88 Å². The van der Waals surface area contributed by atoms with Crippen molar-refractivity contribution in [2.45, 2.75) is 6.42 Å². The van der Waals surface area contributed by atoms with E-state index in [1.807, 2.05) is 0 Å². The quantitative estimate of drug-likeness (QED) is 0.353. The van der Waals surface area contributed by atoms with E-state index >= 15 is 0 Å².